The van der Waals surface area contributed by atoms with Gasteiger partial charge in [-0.05, 0) is 24.4 Å². The van der Waals surface area contributed by atoms with Crippen LogP contribution in [0, 0.1) is 6.85 Å². The van der Waals surface area contributed by atoms with Crippen LogP contribution in [0.1, 0.15) is 15.5 Å². The van der Waals surface area contributed by atoms with Crippen molar-refractivity contribution in [1.29, 1.82) is 0 Å². The first-order chi connectivity index (χ1) is 7.51. The molecule has 0 bridgehead atoms. The Hall–Kier alpha value is -1.08. The van der Waals surface area contributed by atoms with Gasteiger partial charge in [0.25, 0.3) is 0 Å². The average Bonchev–Trinajstić information content (AvgIpc) is 2.14. The van der Waals surface area contributed by atoms with Gasteiger partial charge < -0.3 is 10.0 Å². The molecule has 0 fully saturated rings. The molecule has 1 aromatic rings. The highest BCUT2D eigenvalue weighted by Crippen LogP contribution is 2.26. The maximum atomic E-state index is 12.4. The van der Waals surface area contributed by atoms with E-state index < -0.39 is 37.0 Å². The molecule has 14 heavy (non-hydrogen) atoms. The van der Waals surface area contributed by atoms with Crippen molar-refractivity contribution in [3.63, 3.8) is 0 Å². The molecule has 0 unspecified atom stereocenters. The fourth-order valence-corrected chi connectivity index (χ4v) is 0.846. The van der Waals surface area contributed by atoms with E-state index in [0.29, 0.717) is 12.1 Å². The standard InChI is InChI=1S/C7H7BF3NO2/c1-4-2-5(8(13)14)3-6(12-4)7(9,10)11/h2-3,13-14H,1H3/i1D3. The Morgan fingerprint density at radius 3 is 2.50 bits per heavy atom. The van der Waals surface area contributed by atoms with Gasteiger partial charge >= 0.3 is 13.3 Å². The normalized spacial score (nSPS) is 15.6. The molecule has 7 heteroatoms. The second kappa shape index (κ2) is 3.59. The van der Waals surface area contributed by atoms with Crippen LogP contribution in [0.15, 0.2) is 12.1 Å². The number of rotatable bonds is 1. The largest absolute Gasteiger partial charge is 0.488 e. The fourth-order valence-electron chi connectivity index (χ4n) is 0.846. The van der Waals surface area contributed by atoms with Gasteiger partial charge in [-0.15, -0.1) is 0 Å². The summed E-state index contributed by atoms with van der Waals surface area (Å²) in [6.07, 6.45) is -4.86. The van der Waals surface area contributed by atoms with Crippen LogP contribution in [0.4, 0.5) is 13.2 Å². The van der Waals surface area contributed by atoms with E-state index in [1.807, 2.05) is 0 Å². The third-order valence-electron chi connectivity index (χ3n) is 1.44. The molecule has 0 atom stereocenters. The molecule has 1 heterocycles. The van der Waals surface area contributed by atoms with Crippen LogP contribution in [0.2, 0.25) is 0 Å². The lowest BCUT2D eigenvalue weighted by Crippen LogP contribution is -2.31. The minimum Gasteiger partial charge on any atom is -0.423 e. The van der Waals surface area contributed by atoms with Crippen LogP contribution in [0.25, 0.3) is 0 Å². The molecule has 0 aromatic carbocycles. The lowest BCUT2D eigenvalue weighted by Gasteiger charge is -2.08. The molecule has 0 spiro atoms. The van der Waals surface area contributed by atoms with Crippen molar-refractivity contribution in [1.82, 2.24) is 4.98 Å². The second-order valence-electron chi connectivity index (χ2n) is 2.54. The second-order valence-corrected chi connectivity index (χ2v) is 2.54. The highest BCUT2D eigenvalue weighted by Gasteiger charge is 2.33. The highest BCUT2D eigenvalue weighted by molar-refractivity contribution is 6.58. The molecule has 0 aliphatic rings. The highest BCUT2D eigenvalue weighted by atomic mass is 19.4. The Morgan fingerprint density at radius 2 is 2.07 bits per heavy atom. The molecule has 1 aromatic heterocycles. The van der Waals surface area contributed by atoms with Gasteiger partial charge in [-0.2, -0.15) is 13.2 Å². The summed E-state index contributed by atoms with van der Waals surface area (Å²) in [6, 6.07) is 1.09. The zero-order valence-electron chi connectivity index (χ0n) is 9.71. The summed E-state index contributed by atoms with van der Waals surface area (Å²) in [5, 5.41) is 17.6. The summed E-state index contributed by atoms with van der Waals surface area (Å²) in [5.41, 5.74) is -2.89. The number of alkyl halides is 3. The molecule has 0 radical (unpaired) electrons. The lowest BCUT2D eigenvalue weighted by atomic mass is 9.80. The molecule has 2 N–H and O–H groups in total. The smallest absolute Gasteiger partial charge is 0.423 e. The molecule has 0 saturated heterocycles. The van der Waals surface area contributed by atoms with Crippen molar-refractivity contribution in [3.8, 4) is 0 Å². The van der Waals surface area contributed by atoms with E-state index in [1.165, 1.54) is 0 Å². The topological polar surface area (TPSA) is 53.4 Å². The van der Waals surface area contributed by atoms with Crippen molar-refractivity contribution in [2.45, 2.75) is 13.0 Å². The quantitative estimate of drug-likeness (QED) is 0.643. The monoisotopic (exact) mass is 208 g/mol. The molecule has 76 valence electrons. The molecular weight excluding hydrogens is 198 g/mol. The summed E-state index contributed by atoms with van der Waals surface area (Å²) < 4.78 is 58.0. The number of aryl methyl sites for hydroxylation is 1. The summed E-state index contributed by atoms with van der Waals surface area (Å²) in [4.78, 5) is 2.95. The fraction of sp³-hybridized carbons (Fsp3) is 0.286. The van der Waals surface area contributed by atoms with Crippen LogP contribution >= 0.6 is 0 Å². The maximum absolute atomic E-state index is 12.4. The van der Waals surface area contributed by atoms with Gasteiger partial charge in [0.05, 0.1) is 0 Å². The Labute approximate surface area is 82.6 Å². The third kappa shape index (κ3) is 2.46. The summed E-state index contributed by atoms with van der Waals surface area (Å²) in [6.45, 7) is -2.86. The number of hydrogen-bond donors (Lipinski definition) is 2. The van der Waals surface area contributed by atoms with E-state index in [1.54, 1.807) is 0 Å². The van der Waals surface area contributed by atoms with Crippen molar-refractivity contribution < 1.29 is 27.3 Å². The number of halogens is 3. The maximum Gasteiger partial charge on any atom is 0.488 e. The lowest BCUT2D eigenvalue weighted by molar-refractivity contribution is -0.141. The Morgan fingerprint density at radius 1 is 1.43 bits per heavy atom. The summed E-state index contributed by atoms with van der Waals surface area (Å²) >= 11 is 0. The predicted molar refractivity (Wildman–Crippen MR) is 43.8 cm³/mol. The van der Waals surface area contributed by atoms with Gasteiger partial charge in [0.15, 0.2) is 0 Å². The molecule has 0 aliphatic carbocycles. The van der Waals surface area contributed by atoms with Crippen LogP contribution in [-0.2, 0) is 6.18 Å². The predicted octanol–water partition coefficient (Wildman–Crippen LogP) is 0.0886. The first-order valence-corrected chi connectivity index (χ1v) is 3.47. The van der Waals surface area contributed by atoms with E-state index in [-0.39, 0.29) is 0 Å². The van der Waals surface area contributed by atoms with Crippen molar-refractivity contribution >= 4 is 12.6 Å². The minimum absolute atomic E-state index is 0.389. The molecular formula is C7H7BF3NO2. The zero-order chi connectivity index (χ0) is 13.4. The number of hydrogen-bond acceptors (Lipinski definition) is 3. The van der Waals surface area contributed by atoms with Gasteiger partial charge in [0, 0.05) is 9.81 Å². The minimum atomic E-state index is -4.86. The first kappa shape index (κ1) is 7.25. The zero-order valence-corrected chi connectivity index (χ0v) is 6.71. The van der Waals surface area contributed by atoms with E-state index in [0.717, 1.165) is 0 Å². The number of aromatic nitrogens is 1. The summed E-state index contributed by atoms with van der Waals surface area (Å²) in [7, 11) is -2.19. The first-order valence-electron chi connectivity index (χ1n) is 4.97. The Balaban J connectivity index is 3.40. The van der Waals surface area contributed by atoms with E-state index >= 15 is 0 Å². The van der Waals surface area contributed by atoms with Gasteiger partial charge in [-0.3, -0.25) is 0 Å². The molecule has 0 aliphatic heterocycles. The number of pyridine rings is 1. The SMILES string of the molecule is [2H]C([2H])([2H])c1cc(B(O)O)cc(C(F)(F)F)n1. The van der Waals surface area contributed by atoms with Crippen LogP contribution in [0.5, 0.6) is 0 Å². The van der Waals surface area contributed by atoms with Gasteiger partial charge in [-0.1, -0.05) is 0 Å². The van der Waals surface area contributed by atoms with E-state index in [2.05, 4.69) is 4.98 Å². The van der Waals surface area contributed by atoms with Gasteiger partial charge in [0.1, 0.15) is 5.69 Å². The van der Waals surface area contributed by atoms with E-state index in [9.17, 15) is 13.2 Å². The Bertz CT molecular complexity index is 390. The van der Waals surface area contributed by atoms with Crippen LogP contribution in [-0.4, -0.2) is 22.2 Å². The number of nitrogens with zero attached hydrogens (tertiary/aromatic N) is 1. The molecule has 1 rings (SSSR count). The summed E-state index contributed by atoms with van der Waals surface area (Å²) in [5.74, 6) is 0. The Kier molecular flexibility index (Phi) is 1.86. The van der Waals surface area contributed by atoms with Gasteiger partial charge in [-0.25, -0.2) is 4.98 Å². The third-order valence-corrected chi connectivity index (χ3v) is 1.44. The van der Waals surface area contributed by atoms with Crippen molar-refractivity contribution in [2.75, 3.05) is 0 Å². The molecule has 0 amide bonds. The van der Waals surface area contributed by atoms with Crippen LogP contribution in [0.3, 0.4) is 0 Å². The average molecular weight is 208 g/mol. The van der Waals surface area contributed by atoms with Crippen molar-refractivity contribution in [2.24, 2.45) is 0 Å². The van der Waals surface area contributed by atoms with Crippen molar-refractivity contribution in [3.05, 3.63) is 23.5 Å². The van der Waals surface area contributed by atoms with E-state index in [4.69, 9.17) is 14.2 Å². The molecule has 0 saturated carbocycles. The van der Waals surface area contributed by atoms with Crippen LogP contribution < -0.4 is 5.46 Å². The molecule has 3 nitrogen and oxygen atoms in total. The van der Waals surface area contributed by atoms with Gasteiger partial charge in [0.2, 0.25) is 0 Å².